The fourth-order valence-electron chi connectivity index (χ4n) is 5.57. The molecule has 15 nitrogen and oxygen atoms in total. The van der Waals surface area contributed by atoms with Crippen LogP contribution in [0.25, 0.3) is 0 Å². The minimum absolute atomic E-state index is 0.00661. The predicted molar refractivity (Wildman–Crippen MR) is 225 cm³/mol. The summed E-state index contributed by atoms with van der Waals surface area (Å²) in [6.45, 7) is 10.2. The monoisotopic (exact) mass is 866 g/mol. The summed E-state index contributed by atoms with van der Waals surface area (Å²) in [5.74, 6) is 0. The maximum atomic E-state index is 10.8. The van der Waals surface area contributed by atoms with Gasteiger partial charge in [-0.15, -0.1) is 0 Å². The van der Waals surface area contributed by atoms with Gasteiger partial charge in [0.25, 0.3) is 10.1 Å². The zero-order valence-corrected chi connectivity index (χ0v) is 36.0. The maximum Gasteiger partial charge on any atom is 0.264 e. The first-order valence-electron chi connectivity index (χ1n) is 20.5. The minimum atomic E-state index is -3.43. The minimum Gasteiger partial charge on any atom is -0.377 e. The van der Waals surface area contributed by atoms with Crippen LogP contribution in [-0.4, -0.2) is 173 Å². The lowest BCUT2D eigenvalue weighted by Gasteiger charge is -2.36. The lowest BCUT2D eigenvalue weighted by atomic mass is 9.80. The van der Waals surface area contributed by atoms with E-state index in [1.807, 2.05) is 54.6 Å². The van der Waals surface area contributed by atoms with E-state index in [1.165, 1.54) is 0 Å². The van der Waals surface area contributed by atoms with Crippen LogP contribution in [0.15, 0.2) is 91.0 Å². The zero-order valence-electron chi connectivity index (χ0n) is 35.2. The number of hydrogen-bond acceptors (Lipinski definition) is 15. The molecule has 0 aliphatic carbocycles. The number of rotatable bonds is 41. The first-order valence-corrected chi connectivity index (χ1v) is 22.3. The van der Waals surface area contributed by atoms with Crippen molar-refractivity contribution in [2.75, 3.05) is 165 Å². The summed E-state index contributed by atoms with van der Waals surface area (Å²) in [6.07, 6.45) is 0.997. The Labute approximate surface area is 356 Å². The second kappa shape index (κ2) is 34.7. The van der Waals surface area contributed by atoms with Gasteiger partial charge in [-0.25, -0.2) is 0 Å². The Balaban J connectivity index is 1.01. The van der Waals surface area contributed by atoms with Gasteiger partial charge in [-0.2, -0.15) is 8.42 Å². The first-order chi connectivity index (χ1) is 29.5. The van der Waals surface area contributed by atoms with Gasteiger partial charge in [0.05, 0.1) is 165 Å². The van der Waals surface area contributed by atoms with Gasteiger partial charge in [0.1, 0.15) is 5.60 Å². The van der Waals surface area contributed by atoms with Gasteiger partial charge >= 0.3 is 0 Å². The predicted octanol–water partition coefficient (Wildman–Crippen LogP) is 4.15. The number of benzene rings is 3. The van der Waals surface area contributed by atoms with Gasteiger partial charge in [0.15, 0.2) is 0 Å². The van der Waals surface area contributed by atoms with Gasteiger partial charge in [-0.05, 0) is 16.7 Å². The molecule has 0 unspecified atom stereocenters. The molecule has 0 aliphatic rings. The van der Waals surface area contributed by atoms with E-state index in [-0.39, 0.29) is 13.2 Å². The molecule has 0 saturated heterocycles. The Morgan fingerprint density at radius 3 is 0.733 bits per heavy atom. The summed E-state index contributed by atoms with van der Waals surface area (Å²) in [7, 11) is -3.43. The topological polar surface area (TPSA) is 154 Å². The number of hydrogen-bond donors (Lipinski definition) is 0. The van der Waals surface area contributed by atoms with Crippen molar-refractivity contribution in [2.45, 2.75) is 5.60 Å². The first kappa shape index (κ1) is 51.4. The molecule has 0 heterocycles. The van der Waals surface area contributed by atoms with Crippen molar-refractivity contribution in [1.82, 2.24) is 0 Å². The van der Waals surface area contributed by atoms with Crippen molar-refractivity contribution in [3.63, 3.8) is 0 Å². The van der Waals surface area contributed by atoms with Crippen LogP contribution in [0.2, 0.25) is 0 Å². The van der Waals surface area contributed by atoms with E-state index in [2.05, 4.69) is 40.6 Å². The van der Waals surface area contributed by atoms with E-state index in [0.29, 0.717) is 145 Å². The van der Waals surface area contributed by atoms with Gasteiger partial charge in [-0.3, -0.25) is 4.18 Å². The molecule has 0 amide bonds. The van der Waals surface area contributed by atoms with Crippen LogP contribution in [0.5, 0.6) is 0 Å². The van der Waals surface area contributed by atoms with Crippen LogP contribution in [0.3, 0.4) is 0 Å². The lowest BCUT2D eigenvalue weighted by molar-refractivity contribution is -0.0399. The van der Waals surface area contributed by atoms with Crippen LogP contribution >= 0.6 is 0 Å². The summed E-state index contributed by atoms with van der Waals surface area (Å²) in [5, 5.41) is 0. The third kappa shape index (κ3) is 24.5. The highest BCUT2D eigenvalue weighted by Gasteiger charge is 2.37. The van der Waals surface area contributed by atoms with Crippen molar-refractivity contribution in [1.29, 1.82) is 0 Å². The summed E-state index contributed by atoms with van der Waals surface area (Å²) in [4.78, 5) is 0. The summed E-state index contributed by atoms with van der Waals surface area (Å²) in [5.41, 5.74) is 2.42. The van der Waals surface area contributed by atoms with E-state index < -0.39 is 15.7 Å². The van der Waals surface area contributed by atoms with Gasteiger partial charge < -0.3 is 56.8 Å². The Bertz CT molecular complexity index is 1410. The molecule has 338 valence electrons. The number of ether oxygens (including phenoxy) is 12. The zero-order chi connectivity index (χ0) is 42.5. The van der Waals surface area contributed by atoms with Crippen molar-refractivity contribution in [2.24, 2.45) is 0 Å². The Hall–Kier alpha value is -2.91. The molecule has 0 spiro atoms. The normalized spacial score (nSPS) is 12.0. The molecule has 0 fully saturated rings. The molecule has 0 N–H and O–H groups in total. The average Bonchev–Trinajstić information content (AvgIpc) is 3.26. The fraction of sp³-hybridized carbons (Fsp3) is 0.591. The third-order valence-electron chi connectivity index (χ3n) is 8.33. The van der Waals surface area contributed by atoms with E-state index in [9.17, 15) is 8.42 Å². The largest absolute Gasteiger partial charge is 0.377 e. The molecule has 0 saturated carbocycles. The molecule has 0 aliphatic heterocycles. The smallest absolute Gasteiger partial charge is 0.264 e. The van der Waals surface area contributed by atoms with Crippen molar-refractivity contribution in [3.8, 4) is 0 Å². The molecular formula is C44H66O15S. The van der Waals surface area contributed by atoms with Crippen LogP contribution in [0.4, 0.5) is 0 Å². The van der Waals surface area contributed by atoms with Gasteiger partial charge in [-0.1, -0.05) is 91.0 Å². The van der Waals surface area contributed by atoms with Crippen molar-refractivity contribution >= 4 is 10.1 Å². The highest BCUT2D eigenvalue weighted by Crippen LogP contribution is 2.40. The Morgan fingerprint density at radius 1 is 0.317 bits per heavy atom. The average molecular weight is 867 g/mol. The van der Waals surface area contributed by atoms with E-state index in [0.717, 1.165) is 22.9 Å². The summed E-state index contributed by atoms with van der Waals surface area (Å²) in [6, 6.07) is 30.9. The third-order valence-corrected chi connectivity index (χ3v) is 8.93. The fourth-order valence-corrected chi connectivity index (χ4v) is 5.94. The molecule has 3 aromatic rings. The summed E-state index contributed by atoms with van der Waals surface area (Å²) >= 11 is 0. The van der Waals surface area contributed by atoms with Crippen LogP contribution < -0.4 is 0 Å². The van der Waals surface area contributed by atoms with Crippen LogP contribution in [0, 0.1) is 0 Å². The second-order valence-corrected chi connectivity index (χ2v) is 14.5. The molecule has 3 rings (SSSR count). The molecule has 0 atom stereocenters. The molecule has 0 radical (unpaired) electrons. The molecule has 0 aromatic heterocycles. The molecule has 3 aromatic carbocycles. The van der Waals surface area contributed by atoms with E-state index in [4.69, 9.17) is 56.8 Å². The van der Waals surface area contributed by atoms with Gasteiger partial charge in [0.2, 0.25) is 0 Å². The second-order valence-electron chi connectivity index (χ2n) is 12.9. The van der Waals surface area contributed by atoms with Crippen molar-refractivity contribution < 1.29 is 69.4 Å². The molecule has 16 heteroatoms. The Kier molecular flexibility index (Phi) is 29.7. The SMILES string of the molecule is CS(=O)(=O)OCCOCCOCCOCCOCCOCCOCCOCCOCCOCCOCCOCCOC(c1ccccc1)(c1ccccc1)c1ccccc1. The molecule has 0 bridgehead atoms. The van der Waals surface area contributed by atoms with Crippen molar-refractivity contribution in [3.05, 3.63) is 108 Å². The van der Waals surface area contributed by atoms with Crippen LogP contribution in [0.1, 0.15) is 16.7 Å². The van der Waals surface area contributed by atoms with E-state index >= 15 is 0 Å². The molecule has 60 heavy (non-hydrogen) atoms. The lowest BCUT2D eigenvalue weighted by Crippen LogP contribution is -2.34. The maximum absolute atomic E-state index is 10.8. The van der Waals surface area contributed by atoms with Gasteiger partial charge in [0, 0.05) is 0 Å². The standard InChI is InChI=1S/C44H66O15S/c1-60(45,46)59-40-38-57-36-34-55-32-30-53-28-26-51-24-22-49-20-18-47-17-19-48-21-23-50-25-27-52-29-31-54-33-35-56-37-39-58-44(41-11-5-2-6-12-41,42-13-7-3-8-14-42)43-15-9-4-10-16-43/h2-16H,17-40H2,1H3. The highest BCUT2D eigenvalue weighted by molar-refractivity contribution is 7.85. The summed E-state index contributed by atoms with van der Waals surface area (Å²) < 4.78 is 93.5. The quantitative estimate of drug-likeness (QED) is 0.0456. The van der Waals surface area contributed by atoms with E-state index in [1.54, 1.807) is 0 Å². The van der Waals surface area contributed by atoms with Crippen LogP contribution in [-0.2, 0) is 76.7 Å². The Morgan fingerprint density at radius 2 is 0.517 bits per heavy atom. The highest BCUT2D eigenvalue weighted by atomic mass is 32.2. The molecular weight excluding hydrogens is 801 g/mol.